The molecule has 1 aliphatic rings. The van der Waals surface area contributed by atoms with Gasteiger partial charge >= 0.3 is 12.1 Å². The molecule has 0 aromatic heterocycles. The number of carbonyl (C=O) groups excluding carboxylic acids is 2. The van der Waals surface area contributed by atoms with Crippen molar-refractivity contribution in [3.05, 3.63) is 35.9 Å². The average molecular weight is 427 g/mol. The molecule has 1 saturated heterocycles. The van der Waals surface area contributed by atoms with Gasteiger partial charge in [0.15, 0.2) is 6.29 Å². The number of amides is 1. The van der Waals surface area contributed by atoms with Crippen molar-refractivity contribution in [1.29, 1.82) is 0 Å². The Bertz CT molecular complexity index is 706. The second kappa shape index (κ2) is 10.2. The number of nitrogens with one attached hydrogen (secondary N) is 1. The van der Waals surface area contributed by atoms with Crippen LogP contribution in [0.15, 0.2) is 30.3 Å². The van der Waals surface area contributed by atoms with Gasteiger partial charge < -0.3 is 40.0 Å². The van der Waals surface area contributed by atoms with Gasteiger partial charge in [0.25, 0.3) is 0 Å². The van der Waals surface area contributed by atoms with Crippen LogP contribution in [0.1, 0.15) is 26.3 Å². The summed E-state index contributed by atoms with van der Waals surface area (Å²) in [6.07, 6.45) is -8.62. The van der Waals surface area contributed by atoms with Crippen LogP contribution in [0.25, 0.3) is 0 Å². The zero-order valence-corrected chi connectivity index (χ0v) is 17.1. The first-order valence-corrected chi connectivity index (χ1v) is 9.55. The van der Waals surface area contributed by atoms with Crippen molar-refractivity contribution in [2.24, 2.45) is 0 Å². The fourth-order valence-electron chi connectivity index (χ4n) is 2.83. The highest BCUT2D eigenvalue weighted by Crippen LogP contribution is 2.20. The monoisotopic (exact) mass is 427 g/mol. The minimum absolute atomic E-state index is 0.122. The van der Waals surface area contributed by atoms with Crippen LogP contribution in [0.4, 0.5) is 4.79 Å². The molecule has 0 bridgehead atoms. The Morgan fingerprint density at radius 2 is 1.70 bits per heavy atom. The number of hydrogen-bond donors (Lipinski definition) is 5. The third-order valence-electron chi connectivity index (χ3n) is 4.34. The number of aliphatic hydroxyl groups is 4. The third-order valence-corrected chi connectivity index (χ3v) is 4.34. The van der Waals surface area contributed by atoms with Crippen LogP contribution in [-0.4, -0.2) is 81.4 Å². The van der Waals surface area contributed by atoms with Crippen LogP contribution in [-0.2, 0) is 25.4 Å². The topological polar surface area (TPSA) is 155 Å². The van der Waals surface area contributed by atoms with Crippen LogP contribution in [0.3, 0.4) is 0 Å². The molecule has 30 heavy (non-hydrogen) atoms. The summed E-state index contributed by atoms with van der Waals surface area (Å²) in [5.41, 5.74) is -0.00300. The number of alkyl carbamates (subject to hydrolysis) is 1. The maximum absolute atomic E-state index is 12.6. The smallest absolute Gasteiger partial charge is 0.408 e. The molecule has 0 aliphatic carbocycles. The van der Waals surface area contributed by atoms with E-state index in [-0.39, 0.29) is 6.42 Å². The summed E-state index contributed by atoms with van der Waals surface area (Å²) in [6.45, 7) is 4.54. The van der Waals surface area contributed by atoms with E-state index in [1.54, 1.807) is 45.0 Å². The average Bonchev–Trinajstić information content (AvgIpc) is 2.66. The molecule has 0 unspecified atom stereocenters. The minimum Gasteiger partial charge on any atom is -0.461 e. The Morgan fingerprint density at radius 1 is 1.07 bits per heavy atom. The Labute approximate surface area is 174 Å². The van der Waals surface area contributed by atoms with Gasteiger partial charge in [-0.1, -0.05) is 30.3 Å². The maximum Gasteiger partial charge on any atom is 0.408 e. The van der Waals surface area contributed by atoms with E-state index in [4.69, 9.17) is 14.2 Å². The molecule has 2 rings (SSSR count). The van der Waals surface area contributed by atoms with E-state index >= 15 is 0 Å². The highest BCUT2D eigenvalue weighted by atomic mass is 16.7. The van der Waals surface area contributed by atoms with E-state index in [0.29, 0.717) is 0 Å². The van der Waals surface area contributed by atoms with Crippen molar-refractivity contribution in [2.45, 2.75) is 69.5 Å². The molecular formula is C20H29NO9. The van der Waals surface area contributed by atoms with Gasteiger partial charge in [-0.2, -0.15) is 0 Å². The van der Waals surface area contributed by atoms with E-state index in [1.165, 1.54) is 0 Å². The van der Waals surface area contributed by atoms with E-state index in [0.717, 1.165) is 5.56 Å². The van der Waals surface area contributed by atoms with E-state index in [9.17, 15) is 30.0 Å². The molecular weight excluding hydrogens is 398 g/mol. The van der Waals surface area contributed by atoms with Crippen molar-refractivity contribution in [3.8, 4) is 0 Å². The van der Waals surface area contributed by atoms with Gasteiger partial charge in [-0.25, -0.2) is 9.59 Å². The quantitative estimate of drug-likeness (QED) is 0.377. The molecule has 10 heteroatoms. The molecule has 1 amide bonds. The SMILES string of the molecule is CC(C)(C)OC(=O)N[C@H](Cc1ccccc1)C(=O)OC[C@@H]1O[C@H](O)[C@@H](O)[C@H](O)[C@@H]1O. The molecule has 6 atom stereocenters. The Morgan fingerprint density at radius 3 is 2.30 bits per heavy atom. The zero-order valence-electron chi connectivity index (χ0n) is 17.1. The van der Waals surface area contributed by atoms with Crippen LogP contribution in [0, 0.1) is 0 Å². The molecule has 1 fully saturated rings. The Hall–Kier alpha value is -2.24. The normalized spacial score (nSPS) is 27.8. The van der Waals surface area contributed by atoms with Crippen LogP contribution in [0.5, 0.6) is 0 Å². The lowest BCUT2D eigenvalue weighted by molar-refractivity contribution is -0.287. The second-order valence-corrected chi connectivity index (χ2v) is 8.06. The molecule has 10 nitrogen and oxygen atoms in total. The lowest BCUT2D eigenvalue weighted by Crippen LogP contribution is -2.59. The second-order valence-electron chi connectivity index (χ2n) is 8.06. The number of benzene rings is 1. The molecule has 1 aromatic rings. The van der Waals surface area contributed by atoms with Gasteiger partial charge in [0.2, 0.25) is 0 Å². The number of esters is 1. The minimum atomic E-state index is -1.74. The van der Waals surface area contributed by atoms with E-state index in [2.05, 4.69) is 5.32 Å². The maximum atomic E-state index is 12.6. The zero-order chi connectivity index (χ0) is 22.5. The van der Waals surface area contributed by atoms with Gasteiger partial charge in [0, 0.05) is 6.42 Å². The van der Waals surface area contributed by atoms with Crippen molar-refractivity contribution in [1.82, 2.24) is 5.32 Å². The lowest BCUT2D eigenvalue weighted by Gasteiger charge is -2.38. The van der Waals surface area contributed by atoms with Gasteiger partial charge in [0.05, 0.1) is 0 Å². The molecule has 0 spiro atoms. The summed E-state index contributed by atoms with van der Waals surface area (Å²) < 4.78 is 15.3. The van der Waals surface area contributed by atoms with Crippen LogP contribution < -0.4 is 5.32 Å². The van der Waals surface area contributed by atoms with Crippen molar-refractivity contribution in [2.75, 3.05) is 6.61 Å². The van der Waals surface area contributed by atoms with E-state index in [1.807, 2.05) is 6.07 Å². The summed E-state index contributed by atoms with van der Waals surface area (Å²) in [6, 6.07) is 7.84. The summed E-state index contributed by atoms with van der Waals surface area (Å²) in [5.74, 6) is -0.824. The fraction of sp³-hybridized carbons (Fsp3) is 0.600. The number of carbonyl (C=O) groups is 2. The molecule has 0 radical (unpaired) electrons. The summed E-state index contributed by atoms with van der Waals surface area (Å²) in [7, 11) is 0. The summed E-state index contributed by atoms with van der Waals surface area (Å²) in [4.78, 5) is 24.8. The van der Waals surface area contributed by atoms with Gasteiger partial charge in [-0.3, -0.25) is 0 Å². The summed E-state index contributed by atoms with van der Waals surface area (Å²) in [5, 5.41) is 41.2. The predicted octanol–water partition coefficient (Wildman–Crippen LogP) is -0.534. The van der Waals surface area contributed by atoms with Crippen molar-refractivity contribution in [3.63, 3.8) is 0 Å². The highest BCUT2D eigenvalue weighted by Gasteiger charge is 2.43. The number of rotatable bonds is 6. The van der Waals surface area contributed by atoms with Crippen molar-refractivity contribution < 1.29 is 44.2 Å². The summed E-state index contributed by atoms with van der Waals surface area (Å²) >= 11 is 0. The predicted molar refractivity (Wildman–Crippen MR) is 103 cm³/mol. The Kier molecular flexibility index (Phi) is 8.16. The molecule has 1 aromatic carbocycles. The molecule has 5 N–H and O–H groups in total. The van der Waals surface area contributed by atoms with Crippen molar-refractivity contribution >= 4 is 12.1 Å². The van der Waals surface area contributed by atoms with Gasteiger partial charge in [-0.05, 0) is 26.3 Å². The molecule has 1 heterocycles. The third kappa shape index (κ3) is 6.92. The molecule has 0 saturated carbocycles. The first kappa shape index (κ1) is 24.0. The lowest BCUT2D eigenvalue weighted by atomic mass is 9.99. The number of ether oxygens (including phenoxy) is 3. The number of aliphatic hydroxyl groups excluding tert-OH is 4. The Balaban J connectivity index is 2.03. The first-order valence-electron chi connectivity index (χ1n) is 9.55. The molecule has 1 aliphatic heterocycles. The first-order chi connectivity index (χ1) is 14.0. The number of hydrogen-bond acceptors (Lipinski definition) is 9. The molecule has 168 valence electrons. The standard InChI is InChI=1S/C20H29NO9/c1-20(2,3)30-19(27)21-12(9-11-7-5-4-6-8-11)17(25)28-10-13-14(22)15(23)16(24)18(26)29-13/h4-8,12-16,18,22-24,26H,9-10H2,1-3H3,(H,21,27)/t12-,13+,14-,15-,16+,18+/m1/s1. The van der Waals surface area contributed by atoms with Crippen LogP contribution >= 0.6 is 0 Å². The fourth-order valence-corrected chi connectivity index (χ4v) is 2.83. The van der Waals surface area contributed by atoms with E-state index < -0.39 is 61.0 Å². The highest BCUT2D eigenvalue weighted by molar-refractivity contribution is 5.81. The van der Waals surface area contributed by atoms with Gasteiger partial charge in [0.1, 0.15) is 42.7 Å². The van der Waals surface area contributed by atoms with Gasteiger partial charge in [-0.15, -0.1) is 0 Å². The van der Waals surface area contributed by atoms with Crippen LogP contribution in [0.2, 0.25) is 0 Å². The largest absolute Gasteiger partial charge is 0.461 e.